The van der Waals surface area contributed by atoms with E-state index < -0.39 is 35.3 Å². The van der Waals surface area contributed by atoms with Gasteiger partial charge in [0.15, 0.2) is 22.8 Å². The molecule has 12 aromatic rings. The molecule has 0 spiro atoms. The Balaban J connectivity index is 0.000000155. The highest BCUT2D eigenvalue weighted by atomic mass is 35.5. The van der Waals surface area contributed by atoms with Gasteiger partial charge in [-0.2, -0.15) is 0 Å². The van der Waals surface area contributed by atoms with Crippen LogP contribution in [0.3, 0.4) is 0 Å². The summed E-state index contributed by atoms with van der Waals surface area (Å²) < 4.78 is 51.1. The lowest BCUT2D eigenvalue weighted by molar-refractivity contribution is 0.0723. The number of halogens is 8. The summed E-state index contributed by atoms with van der Waals surface area (Å²) in [7, 11) is 2.08. The Morgan fingerprint density at radius 1 is 0.333 bits per heavy atom. The van der Waals surface area contributed by atoms with Gasteiger partial charge >= 0.3 is 0 Å². The number of aromatic nitrogens is 4. The van der Waals surface area contributed by atoms with Crippen molar-refractivity contribution in [3.63, 3.8) is 0 Å². The van der Waals surface area contributed by atoms with Crippen LogP contribution in [0, 0.1) is 11.6 Å². The molecule has 4 fully saturated rings. The quantitative estimate of drug-likeness (QED) is 0.0283. The van der Waals surface area contributed by atoms with Crippen LogP contribution in [0.5, 0.6) is 0 Å². The number of likely N-dealkylation sites (tertiary alicyclic amines) is 2. The van der Waals surface area contributed by atoms with Crippen LogP contribution in [0.4, 0.5) is 55.1 Å². The molecule has 8 aromatic carbocycles. The second-order valence-corrected chi connectivity index (χ2v) is 32.9. The molecule has 15 N–H and O–H groups in total. The summed E-state index contributed by atoms with van der Waals surface area (Å²) in [6, 6.07) is 45.9. The molecule has 8 amide bonds. The number of rotatable bonds is 23. The average Bonchev–Trinajstić information content (AvgIpc) is 1.69. The molecule has 2 saturated heterocycles. The van der Waals surface area contributed by atoms with Crippen molar-refractivity contribution in [1.82, 2.24) is 45.7 Å². The number of carbonyl (C=O) groups excluding carboxylic acids is 8. The predicted molar refractivity (Wildman–Crippen MR) is 494 cm³/mol. The summed E-state index contributed by atoms with van der Waals surface area (Å²) in [5, 5.41) is 22.5. The van der Waals surface area contributed by atoms with Gasteiger partial charge in [0.1, 0.15) is 11.6 Å². The van der Waals surface area contributed by atoms with E-state index in [1.165, 1.54) is 49.2 Å². The maximum Gasteiger partial charge on any atom is 0.273 e. The molecule has 129 heavy (non-hydrogen) atoms. The Morgan fingerprint density at radius 2 is 0.581 bits per heavy atom. The number of carbonyl (C=O) groups is 8. The second kappa shape index (κ2) is 44.2. The Kier molecular flexibility index (Phi) is 32.6. The van der Waals surface area contributed by atoms with Gasteiger partial charge in [-0.15, -0.1) is 0 Å². The molecule has 16 rings (SSSR count). The number of hydrogen-bond acceptors (Lipinski definition) is 21. The van der Waals surface area contributed by atoms with E-state index in [1.54, 1.807) is 133 Å². The van der Waals surface area contributed by atoms with Gasteiger partial charge in [-0.05, 0) is 224 Å². The van der Waals surface area contributed by atoms with E-state index in [1.807, 2.05) is 4.90 Å². The van der Waals surface area contributed by atoms with Crippen LogP contribution in [0.2, 0.25) is 30.1 Å². The standard InChI is InChI=1S/C23H23Cl2N5O3.C23H22Cl2N4O3.C23H22ClFN4O3.C22H20ClFN4O3.CH4/c1-30-11-9-15(10-12-30)27-21(32)13-5-7-14(8-6-13)28-23-19(20(26)31)29-22(33-23)18-16(24)3-2-4-17(18)25;2*24-16-7-4-8-17(25)18(16)22-29-19(20(26)30)23(32-22)28-15-11-9-13(10-12-15)21(31)27-14-5-2-1-3-6-14;23-15-5-4-6-16(24)17(15)20-27-18(19(25)29)21(31-20)26-14-9-7-13(8-10-14)22(30)28-11-2-1-3-12-28;/h2-8,15,28H,9-12H2,1H3,(H2,26,31)(H,27,32);2*4,7-12,14,28H,1-3,5-6H2,(H2,26,30)(H,27,31);4-10,26H,1-3,11-12H2,(H2,25,29);1H4. The maximum absolute atomic E-state index is 14.2. The third-order valence-electron chi connectivity index (χ3n) is 21.3. The summed E-state index contributed by atoms with van der Waals surface area (Å²) in [6.45, 7) is 3.46. The fourth-order valence-electron chi connectivity index (χ4n) is 14.6. The van der Waals surface area contributed by atoms with E-state index in [4.69, 9.17) is 110 Å². The Bertz CT molecular complexity index is 5770. The first-order valence-corrected chi connectivity index (χ1v) is 43.3. The third kappa shape index (κ3) is 24.5. The van der Waals surface area contributed by atoms with E-state index in [2.05, 4.69) is 69.1 Å². The molecule has 672 valence electrons. The van der Waals surface area contributed by atoms with Gasteiger partial charge in [0.25, 0.3) is 47.3 Å². The number of piperidine rings is 2. The van der Waals surface area contributed by atoms with Gasteiger partial charge in [0, 0.05) is 76.2 Å². The summed E-state index contributed by atoms with van der Waals surface area (Å²) in [6.07, 6.45) is 16.1. The number of oxazole rings is 4. The van der Waals surface area contributed by atoms with Crippen molar-refractivity contribution in [1.29, 1.82) is 0 Å². The monoisotopic (exact) mass is 1870 g/mol. The van der Waals surface area contributed by atoms with Crippen molar-refractivity contribution in [3.8, 4) is 45.8 Å². The Hall–Kier alpha value is -12.9. The number of anilines is 8. The molecule has 0 unspecified atom stereocenters. The molecule has 0 atom stereocenters. The molecule has 37 heteroatoms. The van der Waals surface area contributed by atoms with Crippen LogP contribution >= 0.6 is 69.6 Å². The van der Waals surface area contributed by atoms with Gasteiger partial charge < -0.3 is 87.6 Å². The van der Waals surface area contributed by atoms with Gasteiger partial charge in [-0.3, -0.25) is 38.4 Å². The van der Waals surface area contributed by atoms with Gasteiger partial charge in [-0.25, -0.2) is 28.7 Å². The largest absolute Gasteiger partial charge is 0.419 e. The van der Waals surface area contributed by atoms with Crippen molar-refractivity contribution in [2.45, 2.75) is 122 Å². The van der Waals surface area contributed by atoms with E-state index in [9.17, 15) is 47.1 Å². The molecule has 29 nitrogen and oxygen atoms in total. The Labute approximate surface area is 770 Å². The first-order chi connectivity index (χ1) is 61.6. The maximum atomic E-state index is 14.2. The highest BCUT2D eigenvalue weighted by Gasteiger charge is 2.30. The lowest BCUT2D eigenvalue weighted by Gasteiger charge is -2.29. The molecule has 2 saturated carbocycles. The number of primary amides is 4. The summed E-state index contributed by atoms with van der Waals surface area (Å²) >= 11 is 37.0. The van der Waals surface area contributed by atoms with Crippen LogP contribution in [-0.4, -0.2) is 128 Å². The number of amides is 8. The number of nitrogens with one attached hydrogen (secondary N) is 7. The zero-order chi connectivity index (χ0) is 90.8. The molecular formula is C92H91Cl6F2N17O12. The van der Waals surface area contributed by atoms with Crippen molar-refractivity contribution in [3.05, 3.63) is 257 Å². The molecule has 2 aliphatic carbocycles. The highest BCUT2D eigenvalue weighted by molar-refractivity contribution is 6.40. The van der Waals surface area contributed by atoms with Crippen molar-refractivity contribution in [2.75, 3.05) is 54.5 Å². The van der Waals surface area contributed by atoms with Crippen LogP contribution in [0.25, 0.3) is 45.8 Å². The number of benzene rings is 8. The van der Waals surface area contributed by atoms with Crippen molar-refractivity contribution < 1.29 is 64.8 Å². The summed E-state index contributed by atoms with van der Waals surface area (Å²) in [5.74, 6) is -5.08. The molecule has 6 heterocycles. The second-order valence-electron chi connectivity index (χ2n) is 30.5. The topological polar surface area (TPSA) is 435 Å². The smallest absolute Gasteiger partial charge is 0.273 e. The number of nitrogens with zero attached hydrogens (tertiary/aromatic N) is 6. The van der Waals surface area contributed by atoms with E-state index in [-0.39, 0.29) is 140 Å². The van der Waals surface area contributed by atoms with Crippen LogP contribution in [0.1, 0.15) is 187 Å². The van der Waals surface area contributed by atoms with Crippen molar-refractivity contribution >= 4 is 163 Å². The number of hydrogen-bond donors (Lipinski definition) is 11. The minimum absolute atomic E-state index is 0. The molecule has 0 bridgehead atoms. The zero-order valence-electron chi connectivity index (χ0n) is 68.7. The van der Waals surface area contributed by atoms with E-state index in [0.29, 0.717) is 76.2 Å². The summed E-state index contributed by atoms with van der Waals surface area (Å²) in [5.41, 5.74) is 26.2. The van der Waals surface area contributed by atoms with Crippen molar-refractivity contribution in [2.24, 2.45) is 22.9 Å². The average molecular weight is 1880 g/mol. The van der Waals surface area contributed by atoms with Gasteiger partial charge in [-0.1, -0.05) is 140 Å². The summed E-state index contributed by atoms with van der Waals surface area (Å²) in [4.78, 5) is 118. The highest BCUT2D eigenvalue weighted by Crippen LogP contribution is 2.41. The van der Waals surface area contributed by atoms with Gasteiger partial charge in [0.05, 0.1) is 52.4 Å². The fourth-order valence-corrected chi connectivity index (χ4v) is 16.2. The lowest BCUT2D eigenvalue weighted by atomic mass is 9.95. The molecule has 4 aromatic heterocycles. The van der Waals surface area contributed by atoms with Crippen LogP contribution < -0.4 is 60.2 Å². The zero-order valence-corrected chi connectivity index (χ0v) is 73.3. The van der Waals surface area contributed by atoms with E-state index in [0.717, 1.165) is 110 Å². The fraction of sp³-hybridized carbons (Fsp3) is 0.261. The number of nitrogens with two attached hydrogens (primary N) is 4. The minimum Gasteiger partial charge on any atom is -0.419 e. The van der Waals surface area contributed by atoms with Gasteiger partial charge in [0.2, 0.25) is 47.1 Å². The minimum atomic E-state index is -0.849. The third-order valence-corrected chi connectivity index (χ3v) is 23.2. The molecule has 0 radical (unpaired) electrons. The predicted octanol–water partition coefficient (Wildman–Crippen LogP) is 20.1. The SMILES string of the molecule is C.CN1CCC(NC(=O)c2ccc(Nc3oc(-c4c(Cl)cccc4Cl)nc3C(N)=O)cc2)CC1.NC(=O)c1nc(-c2c(Cl)cccc2Cl)oc1Nc1ccc(C(=O)NC2CCCCC2)cc1.NC(=O)c1nc(-c2c(F)cccc2Cl)oc1Nc1ccc(C(=O)N2CCCCC2)cc1.NC(=O)c1nc(-c2c(F)cccc2Cl)oc1Nc1ccc(C(=O)NC2CCCCC2)cc1. The van der Waals surface area contributed by atoms with E-state index >= 15 is 0 Å². The first kappa shape index (κ1) is 95.2. The first-order valence-electron chi connectivity index (χ1n) is 41.0. The lowest BCUT2D eigenvalue weighted by Crippen LogP contribution is -2.43. The molecule has 2 aliphatic heterocycles. The van der Waals surface area contributed by atoms with Crippen LogP contribution in [0.15, 0.2) is 188 Å². The van der Waals surface area contributed by atoms with Crippen LogP contribution in [-0.2, 0) is 0 Å². The normalized spacial score (nSPS) is 14.1. The molecular weight excluding hydrogens is 1790 g/mol. The molecule has 4 aliphatic rings. The Morgan fingerprint density at radius 3 is 0.860 bits per heavy atom.